The van der Waals surface area contributed by atoms with Gasteiger partial charge in [0.25, 0.3) is 0 Å². The molecule has 0 amide bonds. The first kappa shape index (κ1) is 15.2. The van der Waals surface area contributed by atoms with Crippen molar-refractivity contribution in [3.8, 4) is 0 Å². The summed E-state index contributed by atoms with van der Waals surface area (Å²) in [5.74, 6) is 5.66. The van der Waals surface area contributed by atoms with Crippen molar-refractivity contribution in [1.29, 1.82) is 0 Å². The monoisotopic (exact) mass is 250 g/mol. The topological polar surface area (TPSA) is 47.3 Å². The summed E-state index contributed by atoms with van der Waals surface area (Å²) in [4.78, 5) is 0. The van der Waals surface area contributed by atoms with E-state index in [0.717, 1.165) is 5.56 Å². The Labute approximate surface area is 111 Å². The molecule has 0 saturated carbocycles. The first-order valence-electron chi connectivity index (χ1n) is 6.34. The summed E-state index contributed by atoms with van der Waals surface area (Å²) in [5.41, 5.74) is 5.11. The highest BCUT2D eigenvalue weighted by Crippen LogP contribution is 2.29. The molecule has 1 aromatic carbocycles. The maximum absolute atomic E-state index is 5.66. The van der Waals surface area contributed by atoms with Crippen LogP contribution in [0.4, 0.5) is 0 Å². The molecule has 3 nitrogen and oxygen atoms in total. The SMILES string of the molecule is COC(C)(C)C(NN)c1ccc(C(C)(C)C)cc1. The lowest BCUT2D eigenvalue weighted by Gasteiger charge is -2.33. The quantitative estimate of drug-likeness (QED) is 0.638. The third-order valence-electron chi connectivity index (χ3n) is 3.50. The number of nitrogens with one attached hydrogen (secondary N) is 1. The molecule has 3 heteroatoms. The predicted octanol–water partition coefficient (Wildman–Crippen LogP) is 2.91. The van der Waals surface area contributed by atoms with Gasteiger partial charge in [-0.05, 0) is 30.4 Å². The van der Waals surface area contributed by atoms with Crippen molar-refractivity contribution < 1.29 is 4.74 Å². The summed E-state index contributed by atoms with van der Waals surface area (Å²) in [6, 6.07) is 8.52. The highest BCUT2D eigenvalue weighted by atomic mass is 16.5. The van der Waals surface area contributed by atoms with Crippen LogP contribution in [0.5, 0.6) is 0 Å². The lowest BCUT2D eigenvalue weighted by Crippen LogP contribution is -2.43. The zero-order chi connectivity index (χ0) is 14.0. The Balaban J connectivity index is 3.03. The van der Waals surface area contributed by atoms with Gasteiger partial charge in [-0.15, -0.1) is 0 Å². The number of methoxy groups -OCH3 is 1. The molecule has 0 aliphatic carbocycles. The highest BCUT2D eigenvalue weighted by Gasteiger charge is 2.30. The van der Waals surface area contributed by atoms with Crippen LogP contribution in [-0.4, -0.2) is 12.7 Å². The minimum atomic E-state index is -0.349. The third kappa shape index (κ3) is 3.31. The van der Waals surface area contributed by atoms with Crippen LogP contribution in [0, 0.1) is 0 Å². The fourth-order valence-electron chi connectivity index (χ4n) is 1.99. The number of hydrogen-bond donors (Lipinski definition) is 2. The van der Waals surface area contributed by atoms with Gasteiger partial charge in [0, 0.05) is 7.11 Å². The summed E-state index contributed by atoms with van der Waals surface area (Å²) in [6.07, 6.45) is 0. The number of hydrazine groups is 1. The lowest BCUT2D eigenvalue weighted by molar-refractivity contribution is -0.0111. The van der Waals surface area contributed by atoms with Gasteiger partial charge in [-0.2, -0.15) is 0 Å². The number of benzene rings is 1. The normalized spacial score (nSPS) is 14.6. The molecule has 0 aliphatic heterocycles. The van der Waals surface area contributed by atoms with Crippen LogP contribution in [-0.2, 0) is 10.2 Å². The van der Waals surface area contributed by atoms with Crippen molar-refractivity contribution in [2.75, 3.05) is 7.11 Å². The lowest BCUT2D eigenvalue weighted by atomic mass is 9.85. The van der Waals surface area contributed by atoms with Gasteiger partial charge < -0.3 is 4.74 Å². The predicted molar refractivity (Wildman–Crippen MR) is 76.3 cm³/mol. The van der Waals surface area contributed by atoms with Gasteiger partial charge in [0.15, 0.2) is 0 Å². The van der Waals surface area contributed by atoms with E-state index in [2.05, 4.69) is 50.5 Å². The average molecular weight is 250 g/mol. The molecule has 3 N–H and O–H groups in total. The van der Waals surface area contributed by atoms with Gasteiger partial charge in [-0.3, -0.25) is 11.3 Å². The van der Waals surface area contributed by atoms with E-state index in [1.807, 2.05) is 13.8 Å². The molecule has 0 heterocycles. The number of hydrogen-bond acceptors (Lipinski definition) is 3. The summed E-state index contributed by atoms with van der Waals surface area (Å²) < 4.78 is 5.50. The smallest absolute Gasteiger partial charge is 0.0829 e. The molecule has 102 valence electrons. The molecule has 0 fully saturated rings. The molecule has 1 atom stereocenters. The Morgan fingerprint density at radius 1 is 1.06 bits per heavy atom. The van der Waals surface area contributed by atoms with E-state index in [1.165, 1.54) is 5.56 Å². The summed E-state index contributed by atoms with van der Waals surface area (Å²) in [5, 5.41) is 0. The van der Waals surface area contributed by atoms with Gasteiger partial charge in [0.2, 0.25) is 0 Å². The largest absolute Gasteiger partial charge is 0.377 e. The van der Waals surface area contributed by atoms with E-state index in [4.69, 9.17) is 10.6 Å². The van der Waals surface area contributed by atoms with Crippen molar-refractivity contribution in [3.63, 3.8) is 0 Å². The zero-order valence-electron chi connectivity index (χ0n) is 12.4. The summed E-state index contributed by atoms with van der Waals surface area (Å²) in [6.45, 7) is 10.7. The van der Waals surface area contributed by atoms with Crippen LogP contribution in [0.25, 0.3) is 0 Å². The molecule has 0 spiro atoms. The maximum Gasteiger partial charge on any atom is 0.0829 e. The van der Waals surface area contributed by atoms with Crippen molar-refractivity contribution in [1.82, 2.24) is 5.43 Å². The minimum absolute atomic E-state index is 0.0310. The second kappa shape index (κ2) is 5.39. The van der Waals surface area contributed by atoms with Crippen molar-refractivity contribution in [2.45, 2.75) is 51.7 Å². The Hall–Kier alpha value is -0.900. The molecular weight excluding hydrogens is 224 g/mol. The first-order valence-corrected chi connectivity index (χ1v) is 6.34. The Bertz CT molecular complexity index is 376. The van der Waals surface area contributed by atoms with Crippen LogP contribution in [0.2, 0.25) is 0 Å². The van der Waals surface area contributed by atoms with E-state index in [1.54, 1.807) is 7.11 Å². The van der Waals surface area contributed by atoms with Crippen LogP contribution < -0.4 is 11.3 Å². The Morgan fingerprint density at radius 2 is 1.56 bits per heavy atom. The average Bonchev–Trinajstić information content (AvgIpc) is 2.29. The van der Waals surface area contributed by atoms with Gasteiger partial charge in [0.05, 0.1) is 11.6 Å². The number of rotatable bonds is 4. The molecule has 0 bridgehead atoms. The fourth-order valence-corrected chi connectivity index (χ4v) is 1.99. The first-order chi connectivity index (χ1) is 8.22. The van der Waals surface area contributed by atoms with Crippen LogP contribution >= 0.6 is 0 Å². The van der Waals surface area contributed by atoms with E-state index in [9.17, 15) is 0 Å². The van der Waals surface area contributed by atoms with E-state index < -0.39 is 0 Å². The van der Waals surface area contributed by atoms with Crippen molar-refractivity contribution in [2.24, 2.45) is 5.84 Å². The number of nitrogens with two attached hydrogens (primary N) is 1. The minimum Gasteiger partial charge on any atom is -0.377 e. The molecule has 1 aromatic rings. The van der Waals surface area contributed by atoms with Crippen molar-refractivity contribution in [3.05, 3.63) is 35.4 Å². The molecule has 0 saturated heterocycles. The maximum atomic E-state index is 5.66. The summed E-state index contributed by atoms with van der Waals surface area (Å²) in [7, 11) is 1.70. The molecule has 0 aromatic heterocycles. The Morgan fingerprint density at radius 3 is 1.89 bits per heavy atom. The molecule has 1 rings (SSSR count). The van der Waals surface area contributed by atoms with Crippen molar-refractivity contribution >= 4 is 0 Å². The Kier molecular flexibility index (Phi) is 4.54. The van der Waals surface area contributed by atoms with Gasteiger partial charge in [-0.25, -0.2) is 0 Å². The highest BCUT2D eigenvalue weighted by molar-refractivity contribution is 5.30. The third-order valence-corrected chi connectivity index (χ3v) is 3.50. The molecular formula is C15H26N2O. The molecule has 18 heavy (non-hydrogen) atoms. The number of ether oxygens (including phenoxy) is 1. The van der Waals surface area contributed by atoms with Gasteiger partial charge in [0.1, 0.15) is 0 Å². The van der Waals surface area contributed by atoms with Gasteiger partial charge >= 0.3 is 0 Å². The summed E-state index contributed by atoms with van der Waals surface area (Å²) >= 11 is 0. The molecule has 0 radical (unpaired) electrons. The fraction of sp³-hybridized carbons (Fsp3) is 0.600. The van der Waals surface area contributed by atoms with E-state index >= 15 is 0 Å². The second-order valence-electron chi connectivity index (χ2n) is 6.28. The van der Waals surface area contributed by atoms with E-state index in [-0.39, 0.29) is 17.1 Å². The van der Waals surface area contributed by atoms with E-state index in [0.29, 0.717) is 0 Å². The standard InChI is InChI=1S/C15H26N2O/c1-14(2,3)12-9-7-11(8-10-12)13(17-16)15(4,5)18-6/h7-10,13,17H,16H2,1-6H3. The van der Waals surface area contributed by atoms with Crippen LogP contribution in [0.1, 0.15) is 51.8 Å². The molecule has 0 aliphatic rings. The van der Waals surface area contributed by atoms with Crippen LogP contribution in [0.3, 0.4) is 0 Å². The second-order valence-corrected chi connectivity index (χ2v) is 6.28. The van der Waals surface area contributed by atoms with Gasteiger partial charge in [-0.1, -0.05) is 45.0 Å². The molecule has 1 unspecified atom stereocenters. The van der Waals surface area contributed by atoms with Crippen LogP contribution in [0.15, 0.2) is 24.3 Å². The zero-order valence-corrected chi connectivity index (χ0v) is 12.4.